The van der Waals surface area contributed by atoms with Crippen molar-refractivity contribution >= 4 is 48.1 Å². The average Bonchev–Trinajstić information content (AvgIpc) is 3.32. The van der Waals surface area contributed by atoms with Crippen molar-refractivity contribution in [3.8, 4) is 0 Å². The molecule has 0 fully saturated rings. The number of thioether (sulfide) groups is 1. The van der Waals surface area contributed by atoms with Gasteiger partial charge in [-0.15, -0.1) is 0 Å². The number of carbonyl (C=O) groups excluding carboxylic acids is 3. The second kappa shape index (κ2) is 16.4. The Morgan fingerprint density at radius 3 is 2.29 bits per heavy atom. The fraction of sp³-hybridized carbons (Fsp3) is 0.650. The highest BCUT2D eigenvalue weighted by Gasteiger charge is 2.30. The molecule has 14 heteroatoms. The topological polar surface area (TPSA) is 205 Å². The number of hydrogen-bond donors (Lipinski definition) is 8. The van der Waals surface area contributed by atoms with Crippen LogP contribution in [0.25, 0.3) is 0 Å². The molecule has 1 aromatic heterocycles. The predicted molar refractivity (Wildman–Crippen MR) is 133 cm³/mol. The van der Waals surface area contributed by atoms with Gasteiger partial charge in [0.1, 0.15) is 18.1 Å². The van der Waals surface area contributed by atoms with Crippen LogP contribution in [0.5, 0.6) is 0 Å². The molecular weight excluding hydrogens is 482 g/mol. The van der Waals surface area contributed by atoms with Gasteiger partial charge in [0.2, 0.25) is 17.7 Å². The summed E-state index contributed by atoms with van der Waals surface area (Å²) >= 11 is 5.46. The van der Waals surface area contributed by atoms with Crippen molar-refractivity contribution < 1.29 is 24.3 Å². The smallest absolute Gasteiger partial charge is 0.326 e. The number of hydrogen-bond acceptors (Lipinski definition) is 9. The molecule has 0 aliphatic heterocycles. The summed E-state index contributed by atoms with van der Waals surface area (Å²) in [5, 5.41) is 17.2. The molecule has 9 N–H and O–H groups in total. The Kier molecular flexibility index (Phi) is 14.3. The number of nitrogens with two attached hydrogens (primary N) is 2. The first-order valence-electron chi connectivity index (χ1n) is 10.9. The van der Waals surface area contributed by atoms with Gasteiger partial charge < -0.3 is 37.5 Å². The number of carbonyl (C=O) groups is 4. The third kappa shape index (κ3) is 10.8. The number of aromatic nitrogens is 2. The van der Waals surface area contributed by atoms with Crippen LogP contribution in [0.3, 0.4) is 0 Å². The van der Waals surface area contributed by atoms with Crippen LogP contribution in [0.2, 0.25) is 0 Å². The van der Waals surface area contributed by atoms with Gasteiger partial charge in [0.25, 0.3) is 0 Å². The van der Waals surface area contributed by atoms with E-state index in [2.05, 4.69) is 38.5 Å². The van der Waals surface area contributed by atoms with E-state index in [1.165, 1.54) is 24.3 Å². The normalized spacial score (nSPS) is 14.5. The van der Waals surface area contributed by atoms with Crippen LogP contribution in [0.15, 0.2) is 12.5 Å². The maximum absolute atomic E-state index is 13.1. The summed E-state index contributed by atoms with van der Waals surface area (Å²) in [6.45, 7) is 0.427. The lowest BCUT2D eigenvalue weighted by Crippen LogP contribution is -2.57. The second-order valence-electron chi connectivity index (χ2n) is 7.66. The molecule has 0 saturated carbocycles. The monoisotopic (exact) mass is 517 g/mol. The summed E-state index contributed by atoms with van der Waals surface area (Å²) in [5.41, 5.74) is 11.8. The van der Waals surface area contributed by atoms with Crippen molar-refractivity contribution in [2.45, 2.75) is 56.3 Å². The minimum absolute atomic E-state index is 0.0477. The van der Waals surface area contributed by atoms with E-state index in [1.54, 1.807) is 0 Å². The number of aliphatic carboxylic acids is 1. The summed E-state index contributed by atoms with van der Waals surface area (Å²) in [5.74, 6) is -2.32. The molecule has 3 amide bonds. The largest absolute Gasteiger partial charge is 0.480 e. The number of aromatic amines is 1. The number of amides is 3. The Balaban J connectivity index is 3.01. The molecule has 34 heavy (non-hydrogen) atoms. The fourth-order valence-electron chi connectivity index (χ4n) is 2.99. The molecule has 0 aliphatic rings. The van der Waals surface area contributed by atoms with Crippen molar-refractivity contribution in [2.75, 3.05) is 24.3 Å². The first-order valence-corrected chi connectivity index (χ1v) is 12.9. The van der Waals surface area contributed by atoms with Gasteiger partial charge in [-0.2, -0.15) is 24.4 Å². The maximum atomic E-state index is 13.1. The molecule has 0 radical (unpaired) electrons. The molecule has 4 unspecified atom stereocenters. The van der Waals surface area contributed by atoms with Gasteiger partial charge in [0, 0.05) is 24.1 Å². The molecule has 1 heterocycles. The van der Waals surface area contributed by atoms with Crippen molar-refractivity contribution in [3.63, 3.8) is 0 Å². The predicted octanol–water partition coefficient (Wildman–Crippen LogP) is -1.37. The number of carboxylic acid groups (broad SMARTS) is 1. The number of carboxylic acids is 1. The fourth-order valence-corrected chi connectivity index (χ4v) is 3.62. The quantitative estimate of drug-likeness (QED) is 0.0905. The summed E-state index contributed by atoms with van der Waals surface area (Å²) in [6, 6.07) is -4.05. The van der Waals surface area contributed by atoms with E-state index in [0.29, 0.717) is 30.8 Å². The number of imidazole rings is 1. The van der Waals surface area contributed by atoms with E-state index in [9.17, 15) is 24.3 Å². The Bertz CT molecular complexity index is 781. The molecule has 0 bridgehead atoms. The van der Waals surface area contributed by atoms with Crippen molar-refractivity contribution in [1.82, 2.24) is 25.9 Å². The van der Waals surface area contributed by atoms with E-state index >= 15 is 0 Å². The van der Waals surface area contributed by atoms with E-state index < -0.39 is 47.9 Å². The molecule has 192 valence electrons. The van der Waals surface area contributed by atoms with Crippen LogP contribution < -0.4 is 27.4 Å². The third-order valence-corrected chi connectivity index (χ3v) is 5.99. The maximum Gasteiger partial charge on any atom is 0.326 e. The van der Waals surface area contributed by atoms with E-state index in [1.807, 2.05) is 6.26 Å². The summed E-state index contributed by atoms with van der Waals surface area (Å²) in [7, 11) is 0. The molecule has 4 atom stereocenters. The molecule has 12 nitrogen and oxygen atoms in total. The molecule has 1 aromatic rings. The van der Waals surface area contributed by atoms with Gasteiger partial charge in [-0.3, -0.25) is 14.4 Å². The van der Waals surface area contributed by atoms with Crippen LogP contribution >= 0.6 is 24.4 Å². The van der Waals surface area contributed by atoms with Crippen LogP contribution in [0.1, 0.15) is 31.4 Å². The number of H-pyrrole nitrogens is 1. The van der Waals surface area contributed by atoms with E-state index in [4.69, 9.17) is 11.5 Å². The molecule has 0 aromatic carbocycles. The first kappa shape index (κ1) is 29.7. The molecule has 1 rings (SSSR count). The number of nitrogens with one attached hydrogen (secondary N) is 4. The van der Waals surface area contributed by atoms with Crippen molar-refractivity contribution in [1.29, 1.82) is 0 Å². The lowest BCUT2D eigenvalue weighted by molar-refractivity contribution is -0.142. The Morgan fingerprint density at radius 2 is 1.74 bits per heavy atom. The molecule has 0 aliphatic carbocycles. The van der Waals surface area contributed by atoms with Gasteiger partial charge in [-0.05, 0) is 44.2 Å². The number of thiol groups is 1. The zero-order valence-corrected chi connectivity index (χ0v) is 20.9. The van der Waals surface area contributed by atoms with E-state index in [-0.39, 0.29) is 25.0 Å². The van der Waals surface area contributed by atoms with Crippen LogP contribution in [-0.4, -0.2) is 87.2 Å². The van der Waals surface area contributed by atoms with Gasteiger partial charge in [-0.25, -0.2) is 9.78 Å². The average molecular weight is 518 g/mol. The van der Waals surface area contributed by atoms with Crippen molar-refractivity contribution in [3.05, 3.63) is 18.2 Å². The SMILES string of the molecule is CSCCC(NC(=O)C(Cc1cnc[nH]1)NC(=O)C(CCCCN)NC(=O)C(N)CS)C(=O)O. The Morgan fingerprint density at radius 1 is 1.09 bits per heavy atom. The van der Waals surface area contributed by atoms with Gasteiger partial charge >= 0.3 is 5.97 Å². The summed E-state index contributed by atoms with van der Waals surface area (Å²) < 4.78 is 0. The number of nitrogens with zero attached hydrogens (tertiary/aromatic N) is 1. The highest BCUT2D eigenvalue weighted by molar-refractivity contribution is 7.98. The standard InChI is InChI=1S/C20H35N7O5S2/c1-34-7-5-15(20(31)32)26-19(30)16(8-12-9-23-11-24-12)27-18(29)14(4-2-3-6-21)25-17(28)13(22)10-33/h9,11,13-16,33H,2-8,10,21-22H2,1H3,(H,23,24)(H,25,28)(H,26,30)(H,27,29)(H,31,32). The zero-order valence-electron chi connectivity index (χ0n) is 19.2. The van der Waals surface area contributed by atoms with Crippen LogP contribution in [0.4, 0.5) is 0 Å². The van der Waals surface area contributed by atoms with Gasteiger partial charge in [0.05, 0.1) is 12.4 Å². The Hall–Kier alpha value is -2.29. The lowest BCUT2D eigenvalue weighted by Gasteiger charge is -2.25. The summed E-state index contributed by atoms with van der Waals surface area (Å²) in [4.78, 5) is 56.7. The second-order valence-corrected chi connectivity index (χ2v) is 9.01. The minimum Gasteiger partial charge on any atom is -0.480 e. The highest BCUT2D eigenvalue weighted by atomic mass is 32.2. The third-order valence-electron chi connectivity index (χ3n) is 4.95. The summed E-state index contributed by atoms with van der Waals surface area (Å²) in [6.07, 6.45) is 6.54. The Labute approximate surface area is 208 Å². The number of unbranched alkanes of at least 4 members (excludes halogenated alkanes) is 1. The lowest BCUT2D eigenvalue weighted by atomic mass is 10.1. The van der Waals surface area contributed by atoms with Crippen molar-refractivity contribution in [2.24, 2.45) is 11.5 Å². The molecule has 0 spiro atoms. The minimum atomic E-state index is -1.17. The molecular formula is C20H35N7O5S2. The van der Waals surface area contributed by atoms with Gasteiger partial charge in [-0.1, -0.05) is 0 Å². The van der Waals surface area contributed by atoms with Crippen LogP contribution in [0, 0.1) is 0 Å². The number of rotatable bonds is 17. The van der Waals surface area contributed by atoms with Crippen LogP contribution in [-0.2, 0) is 25.6 Å². The molecule has 0 saturated heterocycles. The van der Waals surface area contributed by atoms with E-state index in [0.717, 1.165) is 0 Å². The first-order chi connectivity index (χ1) is 16.2. The highest BCUT2D eigenvalue weighted by Crippen LogP contribution is 2.07. The zero-order chi connectivity index (χ0) is 25.5. The van der Waals surface area contributed by atoms with Gasteiger partial charge in [0.15, 0.2) is 0 Å².